The van der Waals surface area contributed by atoms with E-state index in [4.69, 9.17) is 5.10 Å². The second-order valence-corrected chi connectivity index (χ2v) is 7.55. The van der Waals surface area contributed by atoms with Crippen LogP contribution >= 0.6 is 22.6 Å². The van der Waals surface area contributed by atoms with Crippen molar-refractivity contribution in [2.75, 3.05) is 0 Å². The number of nitrogens with zero attached hydrogens (tertiary/aromatic N) is 2. The van der Waals surface area contributed by atoms with E-state index >= 15 is 0 Å². The zero-order valence-corrected chi connectivity index (χ0v) is 14.1. The molecule has 1 aromatic carbocycles. The van der Waals surface area contributed by atoms with Crippen molar-refractivity contribution in [1.82, 2.24) is 9.78 Å². The predicted molar refractivity (Wildman–Crippen MR) is 90.1 cm³/mol. The number of benzene rings is 1. The van der Waals surface area contributed by atoms with Crippen LogP contribution < -0.4 is 0 Å². The standard InChI is InChI=1S/C17H17IN2O/c1-10-8-14-16(15(21)9-10)17(11-2-3-11)19-20(14)13-6-4-12(18)5-7-13/h4-7,10-11H,2-3,8-9H2,1H3. The Morgan fingerprint density at radius 2 is 1.90 bits per heavy atom. The van der Waals surface area contributed by atoms with E-state index in [2.05, 4.69) is 53.8 Å². The van der Waals surface area contributed by atoms with Crippen LogP contribution in [0.5, 0.6) is 0 Å². The van der Waals surface area contributed by atoms with Gasteiger partial charge in [-0.25, -0.2) is 4.68 Å². The fourth-order valence-electron chi connectivity index (χ4n) is 3.22. The lowest BCUT2D eigenvalue weighted by molar-refractivity contribution is 0.0951. The summed E-state index contributed by atoms with van der Waals surface area (Å²) in [6.45, 7) is 2.16. The number of ketones is 1. The summed E-state index contributed by atoms with van der Waals surface area (Å²) >= 11 is 2.31. The topological polar surface area (TPSA) is 34.9 Å². The Balaban J connectivity index is 1.89. The van der Waals surface area contributed by atoms with E-state index in [0.29, 0.717) is 24.0 Å². The summed E-state index contributed by atoms with van der Waals surface area (Å²) in [6.07, 6.45) is 3.98. The van der Waals surface area contributed by atoms with E-state index in [-0.39, 0.29) is 0 Å². The average molecular weight is 392 g/mol. The van der Waals surface area contributed by atoms with Crippen molar-refractivity contribution in [2.45, 2.75) is 38.5 Å². The highest BCUT2D eigenvalue weighted by molar-refractivity contribution is 14.1. The van der Waals surface area contributed by atoms with E-state index in [0.717, 1.165) is 29.1 Å². The van der Waals surface area contributed by atoms with Gasteiger partial charge in [0.15, 0.2) is 5.78 Å². The summed E-state index contributed by atoms with van der Waals surface area (Å²) in [6, 6.07) is 8.37. The van der Waals surface area contributed by atoms with Crippen LogP contribution in [0.1, 0.15) is 53.8 Å². The molecule has 4 rings (SSSR count). The molecule has 1 fully saturated rings. The Kier molecular flexibility index (Phi) is 3.17. The quantitative estimate of drug-likeness (QED) is 0.721. The first-order valence-electron chi connectivity index (χ1n) is 7.54. The first-order valence-corrected chi connectivity index (χ1v) is 8.62. The summed E-state index contributed by atoms with van der Waals surface area (Å²) < 4.78 is 3.23. The minimum Gasteiger partial charge on any atom is -0.294 e. The number of halogens is 1. The van der Waals surface area contributed by atoms with Gasteiger partial charge in [0.1, 0.15) is 0 Å². The van der Waals surface area contributed by atoms with Gasteiger partial charge < -0.3 is 0 Å². The normalized spacial score (nSPS) is 21.4. The molecular weight excluding hydrogens is 375 g/mol. The molecule has 108 valence electrons. The number of aromatic nitrogens is 2. The van der Waals surface area contributed by atoms with Crippen molar-refractivity contribution in [1.29, 1.82) is 0 Å². The number of fused-ring (bicyclic) bond motifs is 1. The zero-order chi connectivity index (χ0) is 14.6. The van der Waals surface area contributed by atoms with Gasteiger partial charge in [-0.3, -0.25) is 4.79 Å². The van der Waals surface area contributed by atoms with Crippen LogP contribution in [0, 0.1) is 9.49 Å². The molecule has 0 bridgehead atoms. The lowest BCUT2D eigenvalue weighted by atomic mass is 9.86. The van der Waals surface area contributed by atoms with Gasteiger partial charge in [0.25, 0.3) is 0 Å². The van der Waals surface area contributed by atoms with Crippen LogP contribution in [0.3, 0.4) is 0 Å². The lowest BCUT2D eigenvalue weighted by Crippen LogP contribution is -2.20. The van der Waals surface area contributed by atoms with Crippen molar-refractivity contribution < 1.29 is 4.79 Å². The van der Waals surface area contributed by atoms with Crippen molar-refractivity contribution in [3.8, 4) is 5.69 Å². The molecule has 1 heterocycles. The molecule has 0 spiro atoms. The van der Waals surface area contributed by atoms with Gasteiger partial charge in [-0.2, -0.15) is 5.10 Å². The molecule has 3 nitrogen and oxygen atoms in total. The Morgan fingerprint density at radius 3 is 2.57 bits per heavy atom. The molecule has 4 heteroatoms. The third kappa shape index (κ3) is 2.33. The average Bonchev–Trinajstić information content (AvgIpc) is 3.21. The van der Waals surface area contributed by atoms with Gasteiger partial charge in [0.05, 0.1) is 22.6 Å². The van der Waals surface area contributed by atoms with Crippen LogP contribution in [-0.4, -0.2) is 15.6 Å². The molecule has 2 aromatic rings. The Labute approximate surface area is 137 Å². The summed E-state index contributed by atoms with van der Waals surface area (Å²) in [5.74, 6) is 1.22. The van der Waals surface area contributed by atoms with Crippen LogP contribution in [0.4, 0.5) is 0 Å². The molecule has 0 amide bonds. The van der Waals surface area contributed by atoms with Gasteiger partial charge in [0.2, 0.25) is 0 Å². The minimum absolute atomic E-state index is 0.294. The largest absolute Gasteiger partial charge is 0.294 e. The summed E-state index contributed by atoms with van der Waals surface area (Å²) in [5.41, 5.74) is 4.19. The number of hydrogen-bond acceptors (Lipinski definition) is 2. The second kappa shape index (κ2) is 4.93. The summed E-state index contributed by atoms with van der Waals surface area (Å²) in [5, 5.41) is 4.83. The number of Topliss-reactive ketones (excluding diaryl/α,β-unsaturated/α-hetero) is 1. The smallest absolute Gasteiger partial charge is 0.166 e. The molecule has 2 aliphatic carbocycles. The first kappa shape index (κ1) is 13.5. The number of carbonyl (C=O) groups excluding carboxylic acids is 1. The van der Waals surface area contributed by atoms with Crippen molar-refractivity contribution in [3.05, 3.63) is 44.8 Å². The maximum Gasteiger partial charge on any atom is 0.166 e. The highest BCUT2D eigenvalue weighted by Crippen LogP contribution is 2.44. The number of rotatable bonds is 2. The van der Waals surface area contributed by atoms with Crippen LogP contribution in [0.15, 0.2) is 24.3 Å². The van der Waals surface area contributed by atoms with E-state index in [9.17, 15) is 4.79 Å². The Morgan fingerprint density at radius 1 is 1.19 bits per heavy atom. The van der Waals surface area contributed by atoms with Crippen molar-refractivity contribution >= 4 is 28.4 Å². The van der Waals surface area contributed by atoms with Crippen LogP contribution in [0.2, 0.25) is 0 Å². The van der Waals surface area contributed by atoms with E-state index in [1.807, 2.05) is 4.68 Å². The molecule has 1 saturated carbocycles. The third-order valence-corrected chi connectivity index (χ3v) is 5.12. The minimum atomic E-state index is 0.294. The summed E-state index contributed by atoms with van der Waals surface area (Å²) in [7, 11) is 0. The van der Waals surface area contributed by atoms with Gasteiger partial charge in [0, 0.05) is 15.9 Å². The Bertz CT molecular complexity index is 713. The highest BCUT2D eigenvalue weighted by atomic mass is 127. The molecule has 2 aliphatic rings. The molecular formula is C17H17IN2O. The van der Waals surface area contributed by atoms with Gasteiger partial charge in [-0.05, 0) is 72.0 Å². The van der Waals surface area contributed by atoms with Crippen LogP contribution in [-0.2, 0) is 6.42 Å². The maximum absolute atomic E-state index is 12.5. The fourth-order valence-corrected chi connectivity index (χ4v) is 3.58. The maximum atomic E-state index is 12.5. The second-order valence-electron chi connectivity index (χ2n) is 6.31. The van der Waals surface area contributed by atoms with Gasteiger partial charge in [-0.15, -0.1) is 0 Å². The van der Waals surface area contributed by atoms with Gasteiger partial charge in [-0.1, -0.05) is 6.92 Å². The first-order chi connectivity index (χ1) is 10.1. The molecule has 1 unspecified atom stereocenters. The summed E-state index contributed by atoms with van der Waals surface area (Å²) in [4.78, 5) is 12.5. The van der Waals surface area contributed by atoms with E-state index < -0.39 is 0 Å². The van der Waals surface area contributed by atoms with E-state index in [1.165, 1.54) is 16.4 Å². The molecule has 0 aliphatic heterocycles. The molecule has 0 saturated heterocycles. The molecule has 21 heavy (non-hydrogen) atoms. The number of carbonyl (C=O) groups is 1. The zero-order valence-electron chi connectivity index (χ0n) is 12.0. The third-order valence-electron chi connectivity index (χ3n) is 4.40. The fraction of sp³-hybridized carbons (Fsp3) is 0.412. The Hall–Kier alpha value is -1.17. The van der Waals surface area contributed by atoms with Gasteiger partial charge >= 0.3 is 0 Å². The molecule has 1 atom stereocenters. The lowest BCUT2D eigenvalue weighted by Gasteiger charge is -2.19. The molecule has 1 aromatic heterocycles. The van der Waals surface area contributed by atoms with Crippen molar-refractivity contribution in [2.24, 2.45) is 5.92 Å². The highest BCUT2D eigenvalue weighted by Gasteiger charge is 2.37. The van der Waals surface area contributed by atoms with E-state index in [1.54, 1.807) is 0 Å². The van der Waals surface area contributed by atoms with Crippen molar-refractivity contribution in [3.63, 3.8) is 0 Å². The molecule has 0 radical (unpaired) electrons. The number of hydrogen-bond donors (Lipinski definition) is 0. The predicted octanol–water partition coefficient (Wildman–Crippen LogP) is 4.12. The SMILES string of the molecule is CC1CC(=O)c2c(C3CC3)nn(-c3ccc(I)cc3)c2C1. The monoisotopic (exact) mass is 392 g/mol. The molecule has 0 N–H and O–H groups in total. The van der Waals surface area contributed by atoms with Crippen LogP contribution in [0.25, 0.3) is 5.69 Å².